The summed E-state index contributed by atoms with van der Waals surface area (Å²) in [5, 5.41) is 11.0. The van der Waals surface area contributed by atoms with Crippen LogP contribution in [0.3, 0.4) is 0 Å². The van der Waals surface area contributed by atoms with E-state index in [1.165, 1.54) is 5.56 Å². The minimum atomic E-state index is 0.541. The fourth-order valence-corrected chi connectivity index (χ4v) is 2.07. The van der Waals surface area contributed by atoms with E-state index in [2.05, 4.69) is 50.4 Å². The molecule has 0 aliphatic rings. The van der Waals surface area contributed by atoms with Crippen LogP contribution in [0.1, 0.15) is 5.56 Å². The summed E-state index contributed by atoms with van der Waals surface area (Å²) in [6.45, 7) is 4.98. The van der Waals surface area contributed by atoms with E-state index in [9.17, 15) is 0 Å². The zero-order chi connectivity index (χ0) is 14.4. The van der Waals surface area contributed by atoms with Crippen molar-refractivity contribution in [3.8, 4) is 0 Å². The molecule has 0 aliphatic heterocycles. The molecule has 2 aromatic rings. The summed E-state index contributed by atoms with van der Waals surface area (Å²) in [6.07, 6.45) is 3.67. The molecule has 0 fully saturated rings. The van der Waals surface area contributed by atoms with Gasteiger partial charge in [0.2, 0.25) is 0 Å². The zero-order valence-electron chi connectivity index (χ0n) is 10.8. The Morgan fingerprint density at radius 2 is 2.10 bits per heavy atom. The largest absolute Gasteiger partial charge is 0.359 e. The number of thiocarbonyl (C=S) groups is 1. The van der Waals surface area contributed by atoms with Gasteiger partial charge in [-0.25, -0.2) is 0 Å². The lowest BCUT2D eigenvalue weighted by molar-refractivity contribution is 0.690. The Morgan fingerprint density at radius 1 is 1.35 bits per heavy atom. The number of nitrogens with one attached hydrogen (secondary N) is 2. The first-order valence-electron chi connectivity index (χ1n) is 6.11. The van der Waals surface area contributed by atoms with E-state index in [1.807, 2.05) is 29.1 Å². The summed E-state index contributed by atoms with van der Waals surface area (Å²) in [7, 11) is 0. The number of aromatic nitrogens is 2. The van der Waals surface area contributed by atoms with Crippen LogP contribution in [0.2, 0.25) is 0 Å². The molecule has 0 unspecified atom stereocenters. The molecule has 6 heteroatoms. The maximum absolute atomic E-state index is 5.13. The predicted molar refractivity (Wildman–Crippen MR) is 89.9 cm³/mol. The van der Waals surface area contributed by atoms with Gasteiger partial charge in [-0.3, -0.25) is 4.68 Å². The van der Waals surface area contributed by atoms with Crippen molar-refractivity contribution in [2.45, 2.75) is 6.54 Å². The summed E-state index contributed by atoms with van der Waals surface area (Å²) in [6, 6.07) is 10.1. The second-order valence-electron chi connectivity index (χ2n) is 4.15. The van der Waals surface area contributed by atoms with E-state index < -0.39 is 0 Å². The quantitative estimate of drug-likeness (QED) is 0.641. The van der Waals surface area contributed by atoms with Gasteiger partial charge < -0.3 is 10.6 Å². The fourth-order valence-electron chi connectivity index (χ4n) is 1.62. The van der Waals surface area contributed by atoms with Crippen LogP contribution in [0.5, 0.6) is 0 Å². The Kier molecular flexibility index (Phi) is 5.31. The highest BCUT2D eigenvalue weighted by Gasteiger charge is 2.02. The summed E-state index contributed by atoms with van der Waals surface area (Å²) in [4.78, 5) is 0. The molecule has 20 heavy (non-hydrogen) atoms. The topological polar surface area (TPSA) is 41.9 Å². The van der Waals surface area contributed by atoms with Gasteiger partial charge in [0.25, 0.3) is 0 Å². The lowest BCUT2D eigenvalue weighted by atomic mass is 10.2. The number of halogens is 1. The molecule has 2 rings (SSSR count). The van der Waals surface area contributed by atoms with Crippen molar-refractivity contribution in [3.63, 3.8) is 0 Å². The fraction of sp³-hybridized carbons (Fsp3) is 0.143. The van der Waals surface area contributed by atoms with Gasteiger partial charge in [0, 0.05) is 23.3 Å². The second kappa shape index (κ2) is 7.21. The SMILES string of the molecule is C=CCNC(=S)Nc1ccn(Cc2ccc(Br)cc2)n1. The average Bonchev–Trinajstić information content (AvgIpc) is 2.86. The van der Waals surface area contributed by atoms with E-state index in [0.29, 0.717) is 11.7 Å². The number of anilines is 1. The van der Waals surface area contributed by atoms with E-state index >= 15 is 0 Å². The van der Waals surface area contributed by atoms with Gasteiger partial charge in [-0.2, -0.15) is 5.10 Å². The van der Waals surface area contributed by atoms with Gasteiger partial charge in [-0.15, -0.1) is 6.58 Å². The van der Waals surface area contributed by atoms with Crippen molar-refractivity contribution >= 4 is 39.1 Å². The molecule has 0 aliphatic carbocycles. The van der Waals surface area contributed by atoms with Crippen LogP contribution in [0, 0.1) is 0 Å². The predicted octanol–water partition coefficient (Wildman–Crippen LogP) is 3.17. The summed E-state index contributed by atoms with van der Waals surface area (Å²) in [5.41, 5.74) is 1.19. The first-order chi connectivity index (χ1) is 9.67. The number of rotatable bonds is 5. The number of hydrogen-bond donors (Lipinski definition) is 2. The average molecular weight is 351 g/mol. The maximum atomic E-state index is 5.13. The molecule has 0 saturated heterocycles. The first kappa shape index (κ1) is 14.7. The Hall–Kier alpha value is -1.66. The molecule has 0 saturated carbocycles. The maximum Gasteiger partial charge on any atom is 0.172 e. The van der Waals surface area contributed by atoms with Crippen molar-refractivity contribution in [2.75, 3.05) is 11.9 Å². The third-order valence-corrected chi connectivity index (χ3v) is 3.32. The minimum Gasteiger partial charge on any atom is -0.359 e. The number of nitrogens with zero attached hydrogens (tertiary/aromatic N) is 2. The van der Waals surface area contributed by atoms with Crippen LogP contribution >= 0.6 is 28.1 Å². The van der Waals surface area contributed by atoms with Crippen LogP contribution in [0.4, 0.5) is 5.82 Å². The first-order valence-corrected chi connectivity index (χ1v) is 7.31. The second-order valence-corrected chi connectivity index (χ2v) is 5.47. The highest BCUT2D eigenvalue weighted by Crippen LogP contribution is 2.12. The molecule has 1 heterocycles. The molecule has 0 atom stereocenters. The molecular weight excluding hydrogens is 336 g/mol. The van der Waals surface area contributed by atoms with E-state index in [1.54, 1.807) is 6.08 Å². The molecule has 4 nitrogen and oxygen atoms in total. The summed E-state index contributed by atoms with van der Waals surface area (Å²) in [5.74, 6) is 0.726. The highest BCUT2D eigenvalue weighted by atomic mass is 79.9. The molecule has 0 bridgehead atoms. The van der Waals surface area contributed by atoms with Gasteiger partial charge in [-0.1, -0.05) is 34.1 Å². The number of hydrogen-bond acceptors (Lipinski definition) is 2. The molecular formula is C14H15BrN4S. The monoisotopic (exact) mass is 350 g/mol. The Morgan fingerprint density at radius 3 is 2.80 bits per heavy atom. The van der Waals surface area contributed by atoms with E-state index in [0.717, 1.165) is 16.8 Å². The van der Waals surface area contributed by atoms with Crippen molar-refractivity contribution in [1.29, 1.82) is 0 Å². The van der Waals surface area contributed by atoms with Gasteiger partial charge in [0.15, 0.2) is 10.9 Å². The summed E-state index contributed by atoms with van der Waals surface area (Å²) < 4.78 is 2.93. The zero-order valence-corrected chi connectivity index (χ0v) is 13.2. The summed E-state index contributed by atoms with van der Waals surface area (Å²) >= 11 is 8.55. The van der Waals surface area contributed by atoms with Gasteiger partial charge in [0.05, 0.1) is 6.54 Å². The normalized spacial score (nSPS) is 10.1. The van der Waals surface area contributed by atoms with Crippen LogP contribution in [0.15, 0.2) is 53.7 Å². The van der Waals surface area contributed by atoms with Crippen LogP contribution < -0.4 is 10.6 Å². The molecule has 0 amide bonds. The molecule has 0 spiro atoms. The van der Waals surface area contributed by atoms with Crippen LogP contribution in [-0.2, 0) is 6.54 Å². The van der Waals surface area contributed by atoms with Crippen molar-refractivity contribution in [3.05, 3.63) is 59.2 Å². The molecule has 104 valence electrons. The molecule has 1 aromatic carbocycles. The van der Waals surface area contributed by atoms with E-state index in [4.69, 9.17) is 12.2 Å². The van der Waals surface area contributed by atoms with Gasteiger partial charge in [0.1, 0.15) is 0 Å². The third-order valence-electron chi connectivity index (χ3n) is 2.55. The lowest BCUT2D eigenvalue weighted by Gasteiger charge is -2.06. The minimum absolute atomic E-state index is 0.541. The lowest BCUT2D eigenvalue weighted by Crippen LogP contribution is -2.28. The van der Waals surface area contributed by atoms with Crippen LogP contribution in [-0.4, -0.2) is 21.4 Å². The van der Waals surface area contributed by atoms with Crippen molar-refractivity contribution < 1.29 is 0 Å². The molecule has 1 aromatic heterocycles. The standard InChI is InChI=1S/C14H15BrN4S/c1-2-8-16-14(20)17-13-7-9-19(18-13)10-11-3-5-12(15)6-4-11/h2-7,9H,1,8,10H2,(H2,16,17,18,20). The van der Waals surface area contributed by atoms with Gasteiger partial charge >= 0.3 is 0 Å². The smallest absolute Gasteiger partial charge is 0.172 e. The third kappa shape index (κ3) is 4.47. The Balaban J connectivity index is 1.93. The number of benzene rings is 1. The molecule has 2 N–H and O–H groups in total. The molecule has 0 radical (unpaired) electrons. The highest BCUT2D eigenvalue weighted by molar-refractivity contribution is 9.10. The Bertz CT molecular complexity index is 591. The van der Waals surface area contributed by atoms with Crippen LogP contribution in [0.25, 0.3) is 0 Å². The van der Waals surface area contributed by atoms with Gasteiger partial charge in [-0.05, 0) is 29.9 Å². The van der Waals surface area contributed by atoms with E-state index in [-0.39, 0.29) is 0 Å². The van der Waals surface area contributed by atoms with Crippen molar-refractivity contribution in [1.82, 2.24) is 15.1 Å². The van der Waals surface area contributed by atoms with Crippen molar-refractivity contribution in [2.24, 2.45) is 0 Å². The Labute approximate surface area is 132 Å².